The molecule has 35 heavy (non-hydrogen) atoms. The molecule has 0 radical (unpaired) electrons. The maximum atomic E-state index is 13.0. The Bertz CT molecular complexity index is 1220. The number of halogens is 4. The molecule has 0 N–H and O–H groups in total. The van der Waals surface area contributed by atoms with Crippen molar-refractivity contribution in [1.82, 2.24) is 5.06 Å². The van der Waals surface area contributed by atoms with Crippen molar-refractivity contribution in [1.29, 1.82) is 0 Å². The third kappa shape index (κ3) is 6.58. The number of amides is 2. The number of hydrogen-bond acceptors (Lipinski definition) is 7. The molecular weight excluding hydrogens is 606 g/mol. The molecule has 3 rings (SSSR count). The molecule has 1 saturated heterocycles. The second-order valence-electron chi connectivity index (χ2n) is 7.73. The first kappa shape index (κ1) is 27.1. The van der Waals surface area contributed by atoms with Crippen LogP contribution in [0.5, 0.6) is 0 Å². The Kier molecular flexibility index (Phi) is 8.21. The summed E-state index contributed by atoms with van der Waals surface area (Å²) < 4.78 is 67.7. The molecule has 1 fully saturated rings. The number of nitrogens with zero attached hydrogens (tertiary/aromatic N) is 1. The Balaban J connectivity index is 1.72. The second-order valence-corrected chi connectivity index (χ2v) is 14.2. The van der Waals surface area contributed by atoms with Crippen molar-refractivity contribution in [2.24, 2.45) is 5.92 Å². The summed E-state index contributed by atoms with van der Waals surface area (Å²) in [5.74, 6) is -2.54. The van der Waals surface area contributed by atoms with Gasteiger partial charge in [0.05, 0.1) is 0 Å². The van der Waals surface area contributed by atoms with Crippen LogP contribution in [0.4, 0.5) is 13.2 Å². The van der Waals surface area contributed by atoms with Crippen LogP contribution in [0.15, 0.2) is 48.5 Å². The van der Waals surface area contributed by atoms with E-state index in [4.69, 9.17) is 7.35 Å². The zero-order valence-electron chi connectivity index (χ0n) is 18.5. The van der Waals surface area contributed by atoms with Gasteiger partial charge in [-0.15, -0.1) is 0 Å². The third-order valence-electron chi connectivity index (χ3n) is 4.89. The molecule has 0 aliphatic carbocycles. The molecular formula is C22H21F3INO7S. The summed E-state index contributed by atoms with van der Waals surface area (Å²) in [6.45, 7) is 3.33. The first-order chi connectivity index (χ1) is 16.3. The van der Waals surface area contributed by atoms with Gasteiger partial charge in [-0.25, -0.2) is 0 Å². The van der Waals surface area contributed by atoms with Crippen molar-refractivity contribution >= 4 is 48.1 Å². The molecule has 190 valence electrons. The van der Waals surface area contributed by atoms with Gasteiger partial charge in [0, 0.05) is 0 Å². The number of hydroxylamine groups is 2. The van der Waals surface area contributed by atoms with Crippen molar-refractivity contribution in [3.05, 3.63) is 66.8 Å². The molecule has 1 aliphatic heterocycles. The van der Waals surface area contributed by atoms with Crippen LogP contribution >= 0.6 is 20.2 Å². The number of carbonyl (C=O) groups is 3. The number of aryl methyl sites for hydroxylation is 2. The molecule has 2 aromatic rings. The van der Waals surface area contributed by atoms with E-state index in [0.717, 1.165) is 5.56 Å². The predicted octanol–water partition coefficient (Wildman–Crippen LogP) is 4.11. The van der Waals surface area contributed by atoms with Gasteiger partial charge in [0.25, 0.3) is 0 Å². The zero-order chi connectivity index (χ0) is 26.0. The number of carbonyl (C=O) groups excluding carboxylic acids is 3. The molecule has 2 aromatic carbocycles. The standard InChI is InChI=1S/C22H21F3INO7S/c1-14-3-8-17(9-4-14)26(34-35(31,32)22(23,24)25)18-10-5-16(6-11-18)7-12-20(29)33-27-19(28)13-15(2)21(27)30/h3-6,8-11,15H,7,12-13H2,1-2H3. The van der Waals surface area contributed by atoms with Crippen LogP contribution in [0, 0.1) is 20.0 Å². The van der Waals surface area contributed by atoms with Crippen LogP contribution in [0.1, 0.15) is 30.9 Å². The van der Waals surface area contributed by atoms with E-state index in [-0.39, 0.29) is 19.3 Å². The van der Waals surface area contributed by atoms with Gasteiger partial charge in [-0.3, -0.25) is 0 Å². The quantitative estimate of drug-likeness (QED) is 0.247. The van der Waals surface area contributed by atoms with Gasteiger partial charge in [0.1, 0.15) is 0 Å². The molecule has 1 heterocycles. The van der Waals surface area contributed by atoms with Crippen LogP contribution in [0.25, 0.3) is 0 Å². The first-order valence-corrected chi connectivity index (χ1v) is 14.7. The van der Waals surface area contributed by atoms with Crippen molar-refractivity contribution in [3.63, 3.8) is 0 Å². The van der Waals surface area contributed by atoms with Crippen LogP contribution in [-0.2, 0) is 38.3 Å². The molecule has 8 nitrogen and oxygen atoms in total. The Morgan fingerprint density at radius 2 is 1.60 bits per heavy atom. The van der Waals surface area contributed by atoms with Gasteiger partial charge < -0.3 is 0 Å². The summed E-state index contributed by atoms with van der Waals surface area (Å²) >= 11 is -3.50. The predicted molar refractivity (Wildman–Crippen MR) is 125 cm³/mol. The van der Waals surface area contributed by atoms with Gasteiger partial charge in [-0.05, 0) is 0 Å². The van der Waals surface area contributed by atoms with E-state index in [0.29, 0.717) is 17.8 Å². The van der Waals surface area contributed by atoms with Crippen LogP contribution in [0.2, 0.25) is 0 Å². The Morgan fingerprint density at radius 3 is 2.09 bits per heavy atom. The van der Waals surface area contributed by atoms with Crippen molar-refractivity contribution < 1.29 is 43.3 Å². The average molecular weight is 627 g/mol. The summed E-state index contributed by atoms with van der Waals surface area (Å²) in [4.78, 5) is 40.4. The second kappa shape index (κ2) is 10.6. The fourth-order valence-corrected chi connectivity index (χ4v) is 9.38. The molecule has 0 saturated carbocycles. The number of imide groups is 1. The van der Waals surface area contributed by atoms with Crippen LogP contribution in [-0.4, -0.2) is 36.8 Å². The van der Waals surface area contributed by atoms with E-state index in [2.05, 4.69) is 0 Å². The van der Waals surface area contributed by atoms with Gasteiger partial charge in [0.15, 0.2) is 0 Å². The van der Waals surface area contributed by atoms with Crippen molar-refractivity contribution in [3.8, 4) is 0 Å². The maximum absolute atomic E-state index is 13.0. The molecule has 0 aromatic heterocycles. The van der Waals surface area contributed by atoms with Gasteiger partial charge in [-0.1, -0.05) is 0 Å². The minimum absolute atomic E-state index is 0.0355. The Labute approximate surface area is 207 Å². The summed E-state index contributed by atoms with van der Waals surface area (Å²) in [5, 5.41) is 0.465. The SMILES string of the molecule is Cc1ccc(I(OS(=O)(=O)C(F)(F)F)c2ccc(CCC(=O)ON3C(=O)CC(C)C3=O)cc2)cc1. The van der Waals surface area contributed by atoms with Crippen molar-refractivity contribution in [2.75, 3.05) is 0 Å². The molecule has 1 unspecified atom stereocenters. The molecule has 13 heteroatoms. The van der Waals surface area contributed by atoms with E-state index in [1.165, 1.54) is 24.3 Å². The summed E-state index contributed by atoms with van der Waals surface area (Å²) in [6, 6.07) is 12.4. The Hall–Kier alpha value is -2.52. The van der Waals surface area contributed by atoms with Crippen LogP contribution < -0.4 is 0 Å². The van der Waals surface area contributed by atoms with E-state index < -0.39 is 59.6 Å². The van der Waals surface area contributed by atoms with Gasteiger partial charge >= 0.3 is 208 Å². The molecule has 1 atom stereocenters. The monoisotopic (exact) mass is 627 g/mol. The number of benzene rings is 2. The average Bonchev–Trinajstić information content (AvgIpc) is 3.02. The third-order valence-corrected chi connectivity index (χ3v) is 11.9. The number of hydrogen-bond donors (Lipinski definition) is 0. The summed E-state index contributed by atoms with van der Waals surface area (Å²) in [7, 11) is -5.81. The topological polar surface area (TPSA) is 107 Å². The van der Waals surface area contributed by atoms with E-state index in [1.807, 2.05) is 0 Å². The van der Waals surface area contributed by atoms with E-state index in [1.54, 1.807) is 38.1 Å². The molecule has 0 spiro atoms. The fraction of sp³-hybridized carbons (Fsp3) is 0.318. The minimum atomic E-state index is -5.81. The summed E-state index contributed by atoms with van der Waals surface area (Å²) in [6.07, 6.45) is -0.0401. The zero-order valence-corrected chi connectivity index (χ0v) is 21.5. The number of alkyl halides is 3. The van der Waals surface area contributed by atoms with E-state index >= 15 is 0 Å². The first-order valence-electron chi connectivity index (χ1n) is 10.2. The summed E-state index contributed by atoms with van der Waals surface area (Å²) in [5.41, 5.74) is -4.10. The Morgan fingerprint density at radius 1 is 1.06 bits per heavy atom. The normalized spacial score (nSPS) is 17.0. The van der Waals surface area contributed by atoms with Crippen LogP contribution in [0.3, 0.4) is 0 Å². The molecule has 1 aliphatic rings. The number of rotatable bonds is 8. The van der Waals surface area contributed by atoms with E-state index in [9.17, 15) is 36.0 Å². The van der Waals surface area contributed by atoms with Crippen molar-refractivity contribution in [2.45, 2.75) is 38.6 Å². The van der Waals surface area contributed by atoms with Gasteiger partial charge in [0.2, 0.25) is 0 Å². The fourth-order valence-electron chi connectivity index (χ4n) is 2.98. The molecule has 0 bridgehead atoms. The molecule has 2 amide bonds. The van der Waals surface area contributed by atoms with Gasteiger partial charge in [-0.2, -0.15) is 0 Å².